The minimum Gasteiger partial charge on any atom is -0.321 e. The molecule has 5 heteroatoms. The molecule has 0 radical (unpaired) electrons. The SMILES string of the molecule is O=C(/C=C/c1cccc2cccnc12)Nc1ccc(F)cc1Cl. The van der Waals surface area contributed by atoms with Crippen LogP contribution >= 0.6 is 11.6 Å². The van der Waals surface area contributed by atoms with Gasteiger partial charge >= 0.3 is 0 Å². The van der Waals surface area contributed by atoms with Gasteiger partial charge in [0.15, 0.2) is 0 Å². The van der Waals surface area contributed by atoms with Crippen molar-refractivity contribution >= 4 is 40.2 Å². The molecule has 0 fully saturated rings. The third-order valence-electron chi connectivity index (χ3n) is 3.27. The summed E-state index contributed by atoms with van der Waals surface area (Å²) < 4.78 is 13.0. The van der Waals surface area contributed by atoms with E-state index in [-0.39, 0.29) is 10.9 Å². The number of amides is 1. The number of rotatable bonds is 3. The Morgan fingerprint density at radius 1 is 1.17 bits per heavy atom. The smallest absolute Gasteiger partial charge is 0.248 e. The fourth-order valence-corrected chi connectivity index (χ4v) is 2.41. The number of anilines is 1. The first-order chi connectivity index (χ1) is 11.1. The number of nitrogens with zero attached hydrogens (tertiary/aromatic N) is 1. The topological polar surface area (TPSA) is 42.0 Å². The highest BCUT2D eigenvalue weighted by atomic mass is 35.5. The largest absolute Gasteiger partial charge is 0.321 e. The van der Waals surface area contributed by atoms with Crippen LogP contribution < -0.4 is 5.32 Å². The number of para-hydroxylation sites is 1. The van der Waals surface area contributed by atoms with Crippen molar-refractivity contribution in [3.63, 3.8) is 0 Å². The summed E-state index contributed by atoms with van der Waals surface area (Å²) in [4.78, 5) is 16.3. The summed E-state index contributed by atoms with van der Waals surface area (Å²) in [5.41, 5.74) is 2.01. The summed E-state index contributed by atoms with van der Waals surface area (Å²) in [6, 6.07) is 13.4. The van der Waals surface area contributed by atoms with E-state index < -0.39 is 5.82 Å². The zero-order valence-corrected chi connectivity index (χ0v) is 12.7. The van der Waals surface area contributed by atoms with Gasteiger partial charge in [-0.05, 0) is 30.3 Å². The van der Waals surface area contributed by atoms with Gasteiger partial charge in [-0.25, -0.2) is 4.39 Å². The molecule has 3 nitrogen and oxygen atoms in total. The number of fused-ring (bicyclic) bond motifs is 1. The molecule has 0 aliphatic rings. The molecular formula is C18H12ClFN2O. The van der Waals surface area contributed by atoms with Crippen molar-refractivity contribution in [3.8, 4) is 0 Å². The van der Waals surface area contributed by atoms with Crippen LogP contribution in [0.4, 0.5) is 10.1 Å². The highest BCUT2D eigenvalue weighted by Gasteiger charge is 2.05. The predicted octanol–water partition coefficient (Wildman–Crippen LogP) is 4.68. The van der Waals surface area contributed by atoms with Gasteiger partial charge in [-0.3, -0.25) is 9.78 Å². The van der Waals surface area contributed by atoms with E-state index in [1.807, 2.05) is 30.3 Å². The fraction of sp³-hybridized carbons (Fsp3) is 0. The summed E-state index contributed by atoms with van der Waals surface area (Å²) in [5, 5.41) is 3.76. The van der Waals surface area contributed by atoms with Crippen molar-refractivity contribution in [1.29, 1.82) is 0 Å². The van der Waals surface area contributed by atoms with Gasteiger partial charge < -0.3 is 5.32 Å². The van der Waals surface area contributed by atoms with Crippen molar-refractivity contribution in [2.24, 2.45) is 0 Å². The van der Waals surface area contributed by atoms with E-state index in [2.05, 4.69) is 10.3 Å². The number of aromatic nitrogens is 1. The summed E-state index contributed by atoms with van der Waals surface area (Å²) in [5.74, 6) is -0.809. The first-order valence-corrected chi connectivity index (χ1v) is 7.29. The lowest BCUT2D eigenvalue weighted by atomic mass is 10.1. The average Bonchev–Trinajstić information content (AvgIpc) is 2.55. The Morgan fingerprint density at radius 3 is 2.83 bits per heavy atom. The van der Waals surface area contributed by atoms with Gasteiger partial charge in [0, 0.05) is 23.2 Å². The Kier molecular flexibility index (Phi) is 4.35. The molecule has 1 aromatic heterocycles. The Bertz CT molecular complexity index is 903. The van der Waals surface area contributed by atoms with E-state index in [1.165, 1.54) is 18.2 Å². The van der Waals surface area contributed by atoms with Crippen LogP contribution in [0, 0.1) is 5.82 Å². The van der Waals surface area contributed by atoms with Crippen molar-refractivity contribution in [3.05, 3.63) is 77.2 Å². The van der Waals surface area contributed by atoms with Crippen LogP contribution in [0.5, 0.6) is 0 Å². The molecule has 0 unspecified atom stereocenters. The zero-order valence-electron chi connectivity index (χ0n) is 12.0. The molecule has 23 heavy (non-hydrogen) atoms. The van der Waals surface area contributed by atoms with Gasteiger partial charge in [-0.15, -0.1) is 0 Å². The molecule has 1 N–H and O–H groups in total. The van der Waals surface area contributed by atoms with Gasteiger partial charge in [-0.2, -0.15) is 0 Å². The van der Waals surface area contributed by atoms with Crippen LogP contribution in [0.1, 0.15) is 5.56 Å². The summed E-state index contributed by atoms with van der Waals surface area (Å²) in [6.07, 6.45) is 4.78. The number of nitrogens with one attached hydrogen (secondary N) is 1. The molecule has 2 aromatic carbocycles. The number of benzene rings is 2. The maximum atomic E-state index is 13.0. The molecule has 3 aromatic rings. The number of carbonyl (C=O) groups is 1. The lowest BCUT2D eigenvalue weighted by molar-refractivity contribution is -0.111. The molecule has 0 saturated carbocycles. The van der Waals surface area contributed by atoms with Crippen LogP contribution in [-0.4, -0.2) is 10.9 Å². The monoisotopic (exact) mass is 326 g/mol. The number of carbonyl (C=O) groups excluding carboxylic acids is 1. The van der Waals surface area contributed by atoms with Gasteiger partial charge in [0.2, 0.25) is 5.91 Å². The van der Waals surface area contributed by atoms with Crippen LogP contribution in [0.2, 0.25) is 5.02 Å². The predicted molar refractivity (Wildman–Crippen MR) is 90.8 cm³/mol. The molecule has 1 amide bonds. The Balaban J connectivity index is 1.80. The molecule has 0 atom stereocenters. The molecule has 0 saturated heterocycles. The second kappa shape index (κ2) is 6.58. The van der Waals surface area contributed by atoms with Crippen LogP contribution in [0.3, 0.4) is 0 Å². The molecule has 0 spiro atoms. The van der Waals surface area contributed by atoms with Gasteiger partial charge in [0.1, 0.15) is 5.82 Å². The van der Waals surface area contributed by atoms with Crippen LogP contribution in [0.25, 0.3) is 17.0 Å². The van der Waals surface area contributed by atoms with E-state index in [4.69, 9.17) is 11.6 Å². The lowest BCUT2D eigenvalue weighted by Crippen LogP contribution is -2.08. The normalized spacial score (nSPS) is 11.0. The number of halogens is 2. The maximum Gasteiger partial charge on any atom is 0.248 e. The van der Waals surface area contributed by atoms with Gasteiger partial charge in [0.05, 0.1) is 16.2 Å². The van der Waals surface area contributed by atoms with E-state index in [0.717, 1.165) is 22.5 Å². The highest BCUT2D eigenvalue weighted by molar-refractivity contribution is 6.33. The summed E-state index contributed by atoms with van der Waals surface area (Å²) >= 11 is 5.88. The van der Waals surface area contributed by atoms with Gasteiger partial charge in [0.25, 0.3) is 0 Å². The number of pyridine rings is 1. The summed E-state index contributed by atoms with van der Waals surface area (Å²) in [7, 11) is 0. The third-order valence-corrected chi connectivity index (χ3v) is 3.58. The molecule has 0 aliphatic heterocycles. The average molecular weight is 327 g/mol. The highest BCUT2D eigenvalue weighted by Crippen LogP contribution is 2.22. The first-order valence-electron chi connectivity index (χ1n) is 6.91. The fourth-order valence-electron chi connectivity index (χ4n) is 2.19. The maximum absolute atomic E-state index is 13.0. The lowest BCUT2D eigenvalue weighted by Gasteiger charge is -2.05. The number of hydrogen-bond acceptors (Lipinski definition) is 2. The molecule has 0 aliphatic carbocycles. The molecule has 114 valence electrons. The van der Waals surface area contributed by atoms with E-state index in [0.29, 0.717) is 5.69 Å². The second-order valence-electron chi connectivity index (χ2n) is 4.87. The van der Waals surface area contributed by atoms with Crippen molar-refractivity contribution in [2.75, 3.05) is 5.32 Å². The Morgan fingerprint density at radius 2 is 2.00 bits per heavy atom. The van der Waals surface area contributed by atoms with Crippen molar-refractivity contribution in [2.45, 2.75) is 0 Å². The van der Waals surface area contributed by atoms with Crippen molar-refractivity contribution in [1.82, 2.24) is 4.98 Å². The zero-order chi connectivity index (χ0) is 16.2. The van der Waals surface area contributed by atoms with E-state index >= 15 is 0 Å². The van der Waals surface area contributed by atoms with Crippen LogP contribution in [0.15, 0.2) is 60.8 Å². The summed E-state index contributed by atoms with van der Waals surface area (Å²) in [6.45, 7) is 0. The Labute approximate surface area is 137 Å². The third kappa shape index (κ3) is 3.55. The van der Waals surface area contributed by atoms with Crippen LogP contribution in [-0.2, 0) is 4.79 Å². The molecule has 0 bridgehead atoms. The number of hydrogen-bond donors (Lipinski definition) is 1. The van der Waals surface area contributed by atoms with Gasteiger partial charge in [-0.1, -0.05) is 35.9 Å². The molecule has 3 rings (SSSR count). The standard InChI is InChI=1S/C18H12ClFN2O/c19-15-11-14(20)7-8-16(15)22-17(23)9-6-13-4-1-3-12-5-2-10-21-18(12)13/h1-11H,(H,22,23)/b9-6+. The van der Waals surface area contributed by atoms with E-state index in [1.54, 1.807) is 12.3 Å². The van der Waals surface area contributed by atoms with E-state index in [9.17, 15) is 9.18 Å². The quantitative estimate of drug-likeness (QED) is 0.710. The minimum absolute atomic E-state index is 0.151. The Hall–Kier alpha value is -2.72. The second-order valence-corrected chi connectivity index (χ2v) is 5.28. The van der Waals surface area contributed by atoms with Crippen molar-refractivity contribution < 1.29 is 9.18 Å². The molecular weight excluding hydrogens is 315 g/mol. The molecule has 1 heterocycles. The minimum atomic E-state index is -0.453. The first kappa shape index (κ1) is 15.2.